The Morgan fingerprint density at radius 3 is 2.34 bits per heavy atom. The van der Waals surface area contributed by atoms with Crippen molar-refractivity contribution in [3.05, 3.63) is 0 Å². The molecule has 44 heavy (non-hydrogen) atoms. The Balaban J connectivity index is 1.22. The van der Waals surface area contributed by atoms with E-state index in [4.69, 9.17) is 14.6 Å². The van der Waals surface area contributed by atoms with E-state index in [-0.39, 0.29) is 47.6 Å². The van der Waals surface area contributed by atoms with E-state index in [1.807, 2.05) is 0 Å². The van der Waals surface area contributed by atoms with Crippen LogP contribution in [0.2, 0.25) is 0 Å². The number of hydrogen-bond donors (Lipinski definition) is 7. The van der Waals surface area contributed by atoms with E-state index >= 15 is 0 Å². The molecule has 5 aliphatic rings. The zero-order chi connectivity index (χ0) is 32.1. The molecule has 0 aromatic heterocycles. The third-order valence-electron chi connectivity index (χ3n) is 12.9. The van der Waals surface area contributed by atoms with Crippen LogP contribution in [0.1, 0.15) is 85.0 Å². The van der Waals surface area contributed by atoms with E-state index in [0.717, 1.165) is 38.5 Å². The average Bonchev–Trinajstić information content (AvgIpc) is 3.34. The summed E-state index contributed by atoms with van der Waals surface area (Å²) in [7, 11) is 0. The van der Waals surface area contributed by atoms with E-state index in [0.29, 0.717) is 42.9 Å². The van der Waals surface area contributed by atoms with Crippen molar-refractivity contribution in [1.82, 2.24) is 5.32 Å². The second kappa shape index (κ2) is 12.8. The van der Waals surface area contributed by atoms with Crippen molar-refractivity contribution in [2.75, 3.05) is 6.54 Å². The van der Waals surface area contributed by atoms with Crippen LogP contribution in [-0.2, 0) is 23.9 Å². The fraction of sp³-hybridized carbons (Fsp3) is 0.906. The van der Waals surface area contributed by atoms with Gasteiger partial charge in [0.05, 0.1) is 12.2 Å². The van der Waals surface area contributed by atoms with Gasteiger partial charge in [0.15, 0.2) is 12.4 Å². The number of aliphatic hydroxyl groups is 4. The molecular formula is C32H51NO11. The highest BCUT2D eigenvalue weighted by molar-refractivity contribution is 5.81. The fourth-order valence-corrected chi connectivity index (χ4v) is 10.4. The van der Waals surface area contributed by atoms with Gasteiger partial charge in [-0.1, -0.05) is 20.8 Å². The smallest absolute Gasteiger partial charge is 0.335 e. The number of aliphatic hydroxyl groups excluding tert-OH is 4. The topological polar surface area (TPSA) is 203 Å². The fourth-order valence-electron chi connectivity index (χ4n) is 10.4. The summed E-state index contributed by atoms with van der Waals surface area (Å²) in [5.41, 5.74) is -0.232. The lowest BCUT2D eigenvalue weighted by Crippen LogP contribution is -2.61. The van der Waals surface area contributed by atoms with E-state index < -0.39 is 48.7 Å². The Hall–Kier alpha value is -1.83. The first-order valence-electron chi connectivity index (χ1n) is 16.4. The molecule has 1 heterocycles. The second-order valence-electron chi connectivity index (χ2n) is 14.9. The third kappa shape index (κ3) is 5.90. The molecule has 15 atom stereocenters. The molecule has 4 aliphatic carbocycles. The first-order valence-corrected chi connectivity index (χ1v) is 16.4. The lowest BCUT2D eigenvalue weighted by Gasteiger charge is -2.62. The number of hydrogen-bond acceptors (Lipinski definition) is 9. The third-order valence-corrected chi connectivity index (χ3v) is 12.9. The SMILES string of the molecule is C[C@H](CCC(=O)NCC(=O)O)[C@H]1CC[C@H]2[C@@H]3CC[C@@H]4C[C@H](O[C@@H]5O[C@H](C(=O)O)[C@@H](O)C(O)[C@H]5O)CC[C@]4(C)[C@H]3C[C@H](O)[C@]12C. The minimum Gasteiger partial charge on any atom is -0.480 e. The van der Waals surface area contributed by atoms with Gasteiger partial charge in [-0.3, -0.25) is 9.59 Å². The first-order chi connectivity index (χ1) is 20.7. The summed E-state index contributed by atoms with van der Waals surface area (Å²) in [6.45, 7) is 6.38. The summed E-state index contributed by atoms with van der Waals surface area (Å²) in [6.07, 6.45) is -0.743. The number of aliphatic carboxylic acids is 2. The molecule has 1 amide bonds. The zero-order valence-corrected chi connectivity index (χ0v) is 26.0. The van der Waals surface area contributed by atoms with E-state index in [2.05, 4.69) is 26.1 Å². The first kappa shape index (κ1) is 33.5. The molecule has 7 N–H and O–H groups in total. The molecule has 12 nitrogen and oxygen atoms in total. The molecule has 4 saturated carbocycles. The van der Waals surface area contributed by atoms with Gasteiger partial charge in [-0.15, -0.1) is 0 Å². The predicted molar refractivity (Wildman–Crippen MR) is 155 cm³/mol. The van der Waals surface area contributed by atoms with Crippen LogP contribution >= 0.6 is 0 Å². The lowest BCUT2D eigenvalue weighted by molar-refractivity contribution is -0.310. The summed E-state index contributed by atoms with van der Waals surface area (Å²) in [5, 5.41) is 63.2. The molecule has 0 aromatic carbocycles. The zero-order valence-electron chi connectivity index (χ0n) is 26.0. The highest BCUT2D eigenvalue weighted by atomic mass is 16.7. The van der Waals surface area contributed by atoms with Crippen LogP contribution in [0.3, 0.4) is 0 Å². The van der Waals surface area contributed by atoms with Gasteiger partial charge >= 0.3 is 11.9 Å². The molecule has 1 saturated heterocycles. The number of carbonyl (C=O) groups is 3. The van der Waals surface area contributed by atoms with Crippen LogP contribution in [-0.4, -0.2) is 97.9 Å². The summed E-state index contributed by atoms with van der Waals surface area (Å²) in [5.74, 6) is -0.666. The monoisotopic (exact) mass is 625 g/mol. The van der Waals surface area contributed by atoms with Gasteiger partial charge < -0.3 is 45.4 Å². The number of rotatable bonds is 9. The van der Waals surface area contributed by atoms with E-state index in [9.17, 15) is 39.9 Å². The number of carboxylic acids is 2. The molecule has 0 aromatic rings. The standard InChI is InChI=1S/C32H51NO11/c1-15(4-9-23(35)33-14-24(36)37)19-7-8-20-18-6-5-16-12-17(10-11-31(16,2)21(18)13-22(34)32(19,20)3)43-30-27(40)25(38)26(39)28(44-30)29(41)42/h15-22,25-28,30,34,38-40H,4-14H2,1-3H3,(H,33,35)(H,36,37)(H,41,42)/t15-,16-,17-,18+,19-,20+,21+,22+,25?,26+,27-,28+,30-,31+,32-/m1/s1. The molecular weight excluding hydrogens is 574 g/mol. The van der Waals surface area contributed by atoms with Crippen molar-refractivity contribution in [2.24, 2.45) is 46.3 Å². The van der Waals surface area contributed by atoms with Crippen molar-refractivity contribution in [2.45, 2.75) is 128 Å². The summed E-state index contributed by atoms with van der Waals surface area (Å²) in [4.78, 5) is 34.5. The number of carbonyl (C=O) groups excluding carboxylic acids is 1. The maximum absolute atomic E-state index is 12.2. The maximum Gasteiger partial charge on any atom is 0.335 e. The number of nitrogens with one attached hydrogen (secondary N) is 1. The highest BCUT2D eigenvalue weighted by Crippen LogP contribution is 2.68. The Morgan fingerprint density at radius 2 is 1.66 bits per heavy atom. The van der Waals surface area contributed by atoms with Crippen LogP contribution in [0.15, 0.2) is 0 Å². The predicted octanol–water partition coefficient (Wildman–Crippen LogP) is 1.51. The Labute approximate surface area is 258 Å². The van der Waals surface area contributed by atoms with Crippen LogP contribution in [0, 0.1) is 46.3 Å². The van der Waals surface area contributed by atoms with Crippen molar-refractivity contribution in [3.63, 3.8) is 0 Å². The summed E-state index contributed by atoms with van der Waals surface area (Å²) in [6, 6.07) is 0. The van der Waals surface area contributed by atoms with Gasteiger partial charge in [0.1, 0.15) is 24.9 Å². The number of carboxylic acid groups (broad SMARTS) is 2. The summed E-state index contributed by atoms with van der Waals surface area (Å²) >= 11 is 0. The Bertz CT molecular complexity index is 1090. The number of fused-ring (bicyclic) bond motifs is 5. The molecule has 1 aliphatic heterocycles. The van der Waals surface area contributed by atoms with Crippen LogP contribution in [0.25, 0.3) is 0 Å². The molecule has 250 valence electrons. The van der Waals surface area contributed by atoms with Crippen LogP contribution < -0.4 is 5.32 Å². The van der Waals surface area contributed by atoms with E-state index in [1.165, 1.54) is 0 Å². The van der Waals surface area contributed by atoms with Gasteiger partial charge in [-0.05, 0) is 104 Å². The molecule has 1 unspecified atom stereocenters. The molecule has 0 spiro atoms. The molecule has 5 fully saturated rings. The Morgan fingerprint density at radius 1 is 0.932 bits per heavy atom. The quantitative estimate of drug-likeness (QED) is 0.183. The molecule has 0 radical (unpaired) electrons. The minimum absolute atomic E-state index is 0.00235. The van der Waals surface area contributed by atoms with Gasteiger partial charge in [-0.2, -0.15) is 0 Å². The van der Waals surface area contributed by atoms with Crippen molar-refractivity contribution in [3.8, 4) is 0 Å². The highest BCUT2D eigenvalue weighted by Gasteiger charge is 2.64. The minimum atomic E-state index is -1.75. The van der Waals surface area contributed by atoms with Crippen LogP contribution in [0.4, 0.5) is 0 Å². The molecule has 12 heteroatoms. The number of amides is 1. The van der Waals surface area contributed by atoms with Crippen molar-refractivity contribution < 1.29 is 54.5 Å². The largest absolute Gasteiger partial charge is 0.480 e. The number of ether oxygens (including phenoxy) is 2. The molecule has 5 rings (SSSR count). The normalized spacial score (nSPS) is 47.5. The Kier molecular flexibility index (Phi) is 9.72. The van der Waals surface area contributed by atoms with Gasteiger partial charge in [0.2, 0.25) is 5.91 Å². The van der Waals surface area contributed by atoms with E-state index in [1.54, 1.807) is 0 Å². The van der Waals surface area contributed by atoms with Gasteiger partial charge in [-0.25, -0.2) is 4.79 Å². The van der Waals surface area contributed by atoms with Crippen molar-refractivity contribution in [1.29, 1.82) is 0 Å². The van der Waals surface area contributed by atoms with Gasteiger partial charge in [0, 0.05) is 6.42 Å². The average molecular weight is 626 g/mol. The maximum atomic E-state index is 12.2. The van der Waals surface area contributed by atoms with Crippen molar-refractivity contribution >= 4 is 17.8 Å². The van der Waals surface area contributed by atoms with Crippen LogP contribution in [0.5, 0.6) is 0 Å². The lowest BCUT2D eigenvalue weighted by atomic mass is 9.43. The second-order valence-corrected chi connectivity index (χ2v) is 14.9. The molecule has 0 bridgehead atoms. The van der Waals surface area contributed by atoms with Gasteiger partial charge in [0.25, 0.3) is 0 Å². The summed E-state index contributed by atoms with van der Waals surface area (Å²) < 4.78 is 11.5.